The standard InChI is InChI=1S/C16H20N2O3/c19-15(14-13(16(20)21)6-3-8-17-14)18-9-7-11-4-1-2-5-12(11)10-18/h3,6,8,11-12H,1-2,4-5,7,9-10H2,(H,20,21). The Kier molecular flexibility index (Phi) is 3.90. The number of rotatable bonds is 2. The number of carboxylic acid groups (broad SMARTS) is 1. The van der Waals surface area contributed by atoms with Gasteiger partial charge in [-0.15, -0.1) is 0 Å². The molecule has 2 heterocycles. The van der Waals surface area contributed by atoms with E-state index in [1.165, 1.54) is 37.9 Å². The Labute approximate surface area is 124 Å². The number of hydrogen-bond donors (Lipinski definition) is 1. The van der Waals surface area contributed by atoms with Gasteiger partial charge in [-0.3, -0.25) is 9.78 Å². The first-order chi connectivity index (χ1) is 10.2. The zero-order chi connectivity index (χ0) is 14.8. The number of carbonyl (C=O) groups excluding carboxylic acids is 1. The third-order valence-electron chi connectivity index (χ3n) is 4.82. The molecule has 1 saturated carbocycles. The normalized spacial score (nSPS) is 25.2. The molecule has 21 heavy (non-hydrogen) atoms. The molecule has 0 bridgehead atoms. The first-order valence-corrected chi connectivity index (χ1v) is 7.64. The zero-order valence-electron chi connectivity index (χ0n) is 12.0. The number of hydrogen-bond acceptors (Lipinski definition) is 3. The Bertz CT molecular complexity index is 558. The SMILES string of the molecule is O=C(O)c1cccnc1C(=O)N1CCC2CCCCC2C1. The third-order valence-corrected chi connectivity index (χ3v) is 4.82. The molecule has 2 aliphatic rings. The van der Waals surface area contributed by atoms with E-state index >= 15 is 0 Å². The number of fused-ring (bicyclic) bond motifs is 1. The maximum atomic E-state index is 12.6. The van der Waals surface area contributed by atoms with Gasteiger partial charge in [0.05, 0.1) is 5.56 Å². The molecule has 0 radical (unpaired) electrons. The monoisotopic (exact) mass is 288 g/mol. The van der Waals surface area contributed by atoms with Crippen LogP contribution in [0.15, 0.2) is 18.3 Å². The van der Waals surface area contributed by atoms with Crippen molar-refractivity contribution in [1.82, 2.24) is 9.88 Å². The van der Waals surface area contributed by atoms with Crippen molar-refractivity contribution >= 4 is 11.9 Å². The number of aromatic carboxylic acids is 1. The third kappa shape index (κ3) is 2.77. The smallest absolute Gasteiger partial charge is 0.338 e. The van der Waals surface area contributed by atoms with Crippen molar-refractivity contribution in [2.45, 2.75) is 32.1 Å². The molecule has 1 aliphatic heterocycles. The van der Waals surface area contributed by atoms with Crippen molar-refractivity contribution in [2.75, 3.05) is 13.1 Å². The number of aromatic nitrogens is 1. The summed E-state index contributed by atoms with van der Waals surface area (Å²) in [5.74, 6) is -0.0186. The zero-order valence-corrected chi connectivity index (χ0v) is 12.0. The minimum atomic E-state index is -1.10. The molecule has 1 aliphatic carbocycles. The average molecular weight is 288 g/mol. The molecule has 1 aromatic heterocycles. The van der Waals surface area contributed by atoms with Crippen molar-refractivity contribution < 1.29 is 14.7 Å². The van der Waals surface area contributed by atoms with Gasteiger partial charge in [-0.2, -0.15) is 0 Å². The fraction of sp³-hybridized carbons (Fsp3) is 0.562. The number of carboxylic acids is 1. The predicted molar refractivity (Wildman–Crippen MR) is 77.2 cm³/mol. The lowest BCUT2D eigenvalue weighted by molar-refractivity contribution is 0.0506. The van der Waals surface area contributed by atoms with E-state index in [0.717, 1.165) is 25.4 Å². The van der Waals surface area contributed by atoms with Crippen LogP contribution in [0.25, 0.3) is 0 Å². The molecule has 0 spiro atoms. The number of nitrogens with zero attached hydrogens (tertiary/aromatic N) is 2. The second-order valence-corrected chi connectivity index (χ2v) is 6.05. The summed E-state index contributed by atoms with van der Waals surface area (Å²) >= 11 is 0. The summed E-state index contributed by atoms with van der Waals surface area (Å²) in [5.41, 5.74) is 0.0625. The van der Waals surface area contributed by atoms with Gasteiger partial charge >= 0.3 is 5.97 Å². The molecular weight excluding hydrogens is 268 g/mol. The van der Waals surface area contributed by atoms with Crippen molar-refractivity contribution in [2.24, 2.45) is 11.8 Å². The van der Waals surface area contributed by atoms with Gasteiger partial charge < -0.3 is 10.0 Å². The van der Waals surface area contributed by atoms with Crippen molar-refractivity contribution in [3.63, 3.8) is 0 Å². The van der Waals surface area contributed by atoms with Crippen molar-refractivity contribution in [3.05, 3.63) is 29.6 Å². The van der Waals surface area contributed by atoms with Crippen molar-refractivity contribution in [3.8, 4) is 0 Å². The fourth-order valence-electron chi connectivity index (χ4n) is 3.68. The molecular formula is C16H20N2O3. The maximum absolute atomic E-state index is 12.6. The van der Waals surface area contributed by atoms with E-state index in [4.69, 9.17) is 0 Å². The van der Waals surface area contributed by atoms with Gasteiger partial charge in [0.1, 0.15) is 5.69 Å². The average Bonchev–Trinajstić information content (AvgIpc) is 2.53. The molecule has 1 amide bonds. The largest absolute Gasteiger partial charge is 0.478 e. The number of pyridine rings is 1. The lowest BCUT2D eigenvalue weighted by Crippen LogP contribution is -2.45. The molecule has 2 fully saturated rings. The lowest BCUT2D eigenvalue weighted by atomic mass is 9.75. The number of piperidine rings is 1. The van der Waals surface area contributed by atoms with Gasteiger partial charge in [0.25, 0.3) is 5.91 Å². The Balaban J connectivity index is 1.78. The van der Waals surface area contributed by atoms with Gasteiger partial charge in [-0.25, -0.2) is 4.79 Å². The molecule has 5 nitrogen and oxygen atoms in total. The van der Waals surface area contributed by atoms with Gasteiger partial charge in [0.2, 0.25) is 0 Å². The van der Waals surface area contributed by atoms with Gasteiger partial charge in [0, 0.05) is 19.3 Å². The van der Waals surface area contributed by atoms with E-state index < -0.39 is 5.97 Å². The highest BCUT2D eigenvalue weighted by Gasteiger charge is 2.34. The summed E-state index contributed by atoms with van der Waals surface area (Å²) < 4.78 is 0. The van der Waals surface area contributed by atoms with E-state index in [-0.39, 0.29) is 17.2 Å². The van der Waals surface area contributed by atoms with E-state index in [1.54, 1.807) is 11.0 Å². The molecule has 112 valence electrons. The van der Waals surface area contributed by atoms with Crippen LogP contribution in [-0.2, 0) is 0 Å². The highest BCUT2D eigenvalue weighted by molar-refractivity contribution is 6.03. The van der Waals surface area contributed by atoms with Crippen LogP contribution in [0.4, 0.5) is 0 Å². The quantitative estimate of drug-likeness (QED) is 0.907. The van der Waals surface area contributed by atoms with E-state index in [2.05, 4.69) is 4.98 Å². The Morgan fingerprint density at radius 1 is 1.19 bits per heavy atom. The summed E-state index contributed by atoms with van der Waals surface area (Å²) in [7, 11) is 0. The first-order valence-electron chi connectivity index (χ1n) is 7.64. The van der Waals surface area contributed by atoms with Crippen LogP contribution in [0.3, 0.4) is 0 Å². The highest BCUT2D eigenvalue weighted by atomic mass is 16.4. The summed E-state index contributed by atoms with van der Waals surface area (Å²) in [6.07, 6.45) is 7.52. The van der Waals surface area contributed by atoms with Crippen LogP contribution >= 0.6 is 0 Å². The van der Waals surface area contributed by atoms with Crippen LogP contribution in [0.5, 0.6) is 0 Å². The van der Waals surface area contributed by atoms with Crippen LogP contribution < -0.4 is 0 Å². The van der Waals surface area contributed by atoms with E-state index in [0.29, 0.717) is 5.92 Å². The van der Waals surface area contributed by atoms with E-state index in [1.807, 2.05) is 0 Å². The Morgan fingerprint density at radius 3 is 2.71 bits per heavy atom. The maximum Gasteiger partial charge on any atom is 0.338 e. The summed E-state index contributed by atoms with van der Waals surface area (Å²) in [6, 6.07) is 2.99. The second kappa shape index (κ2) is 5.84. The number of likely N-dealkylation sites (tertiary alicyclic amines) is 1. The molecule has 1 aromatic rings. The summed E-state index contributed by atoms with van der Waals surface area (Å²) in [5, 5.41) is 9.19. The highest BCUT2D eigenvalue weighted by Crippen LogP contribution is 2.36. The molecule has 1 N–H and O–H groups in total. The van der Waals surface area contributed by atoms with Crippen molar-refractivity contribution in [1.29, 1.82) is 0 Å². The minimum absolute atomic E-state index is 0.00623. The molecule has 5 heteroatoms. The minimum Gasteiger partial charge on any atom is -0.478 e. The number of carbonyl (C=O) groups is 2. The number of amides is 1. The van der Waals surface area contributed by atoms with Crippen LogP contribution in [0.1, 0.15) is 53.0 Å². The molecule has 2 unspecified atom stereocenters. The summed E-state index contributed by atoms with van der Waals surface area (Å²) in [4.78, 5) is 29.6. The molecule has 0 aromatic carbocycles. The lowest BCUT2D eigenvalue weighted by Gasteiger charge is -2.41. The molecule has 3 rings (SSSR count). The molecule has 1 saturated heterocycles. The van der Waals surface area contributed by atoms with Crippen LogP contribution in [-0.4, -0.2) is 40.0 Å². The Hall–Kier alpha value is -1.91. The van der Waals surface area contributed by atoms with Gasteiger partial charge in [0.15, 0.2) is 0 Å². The Morgan fingerprint density at radius 2 is 1.95 bits per heavy atom. The second-order valence-electron chi connectivity index (χ2n) is 6.05. The molecule has 2 atom stereocenters. The first kappa shape index (κ1) is 14.0. The van der Waals surface area contributed by atoms with Gasteiger partial charge in [-0.05, 0) is 36.8 Å². The van der Waals surface area contributed by atoms with Crippen LogP contribution in [0.2, 0.25) is 0 Å². The summed E-state index contributed by atoms with van der Waals surface area (Å²) in [6.45, 7) is 1.47. The fourth-order valence-corrected chi connectivity index (χ4v) is 3.68. The van der Waals surface area contributed by atoms with E-state index in [9.17, 15) is 14.7 Å². The predicted octanol–water partition coefficient (Wildman–Crippen LogP) is 2.43. The van der Waals surface area contributed by atoms with Gasteiger partial charge in [-0.1, -0.05) is 19.3 Å². The topological polar surface area (TPSA) is 70.5 Å². The van der Waals surface area contributed by atoms with Crippen LogP contribution in [0, 0.1) is 11.8 Å².